The first-order valence-corrected chi connectivity index (χ1v) is 27.5. The molecule has 0 spiro atoms. The molecule has 1 saturated carbocycles. The Morgan fingerprint density at radius 3 is 1.95 bits per heavy atom. The fraction of sp³-hybridized carbons (Fsp3) is 0.391. The predicted octanol–water partition coefficient (Wildman–Crippen LogP) is 11.6. The quantitative estimate of drug-likeness (QED) is 0.0817. The first-order chi connectivity index (χ1) is 37.3. The van der Waals surface area contributed by atoms with Gasteiger partial charge < -0.3 is 39.4 Å². The van der Waals surface area contributed by atoms with Crippen molar-refractivity contribution >= 4 is 40.9 Å². The van der Waals surface area contributed by atoms with Crippen LogP contribution in [-0.2, 0) is 27.2 Å². The number of Topliss-reactive ketones (excluding diaryl/α,β-unsaturated/α-hetero) is 1. The molecule has 2 N–H and O–H groups in total. The van der Waals surface area contributed by atoms with Crippen LogP contribution in [0.4, 0.5) is 10.5 Å². The Morgan fingerprint density at radius 1 is 0.688 bits per heavy atom. The van der Waals surface area contributed by atoms with Gasteiger partial charge in [0, 0.05) is 66.0 Å². The van der Waals surface area contributed by atoms with Gasteiger partial charge in [-0.15, -0.1) is 0 Å². The lowest BCUT2D eigenvalue weighted by Crippen LogP contribution is -2.45. The van der Waals surface area contributed by atoms with Crippen LogP contribution >= 0.6 is 0 Å². The van der Waals surface area contributed by atoms with Gasteiger partial charge in [0.2, 0.25) is 5.91 Å². The van der Waals surface area contributed by atoms with Gasteiger partial charge in [-0.1, -0.05) is 81.4 Å². The minimum atomic E-state index is -0.822. The number of alkyl carbamates (subject to hydrolysis) is 1. The molecular weight excluding hydrogens is 969 g/mol. The van der Waals surface area contributed by atoms with Crippen LogP contribution in [0.3, 0.4) is 0 Å². The number of amides is 4. The number of aryl methyl sites for hydroxylation is 3. The zero-order chi connectivity index (χ0) is 53.5. The maximum Gasteiger partial charge on any atom is 0.407 e. The topological polar surface area (TPSA) is 153 Å². The molecule has 4 heterocycles. The van der Waals surface area contributed by atoms with E-state index in [1.54, 1.807) is 14.0 Å². The van der Waals surface area contributed by atoms with E-state index in [2.05, 4.69) is 41.1 Å². The first-order valence-electron chi connectivity index (χ1n) is 27.5. The molecule has 6 aliphatic rings. The van der Waals surface area contributed by atoms with Gasteiger partial charge in [-0.2, -0.15) is 0 Å². The van der Waals surface area contributed by atoms with Gasteiger partial charge in [-0.3, -0.25) is 19.2 Å². The second-order valence-corrected chi connectivity index (χ2v) is 22.2. The van der Waals surface area contributed by atoms with Crippen LogP contribution in [-0.4, -0.2) is 84.5 Å². The fourth-order valence-corrected chi connectivity index (χ4v) is 12.1. The number of ketones is 1. The summed E-state index contributed by atoms with van der Waals surface area (Å²) in [6, 6.07) is 31.0. The third kappa shape index (κ3) is 10.6. The molecule has 13 nitrogen and oxygen atoms in total. The molecule has 1 fully saturated rings. The highest BCUT2D eigenvalue weighted by molar-refractivity contribution is 6.00. The van der Waals surface area contributed by atoms with Crippen molar-refractivity contribution in [1.82, 2.24) is 15.1 Å². The van der Waals surface area contributed by atoms with E-state index in [1.165, 1.54) is 18.4 Å². The number of carbonyl (C=O) groups excluding carboxylic acids is 5. The molecule has 77 heavy (non-hydrogen) atoms. The largest absolute Gasteiger partial charge is 0.493 e. The van der Waals surface area contributed by atoms with Crippen LogP contribution in [0.2, 0.25) is 0 Å². The van der Waals surface area contributed by atoms with Gasteiger partial charge in [0.1, 0.15) is 12.4 Å². The van der Waals surface area contributed by atoms with E-state index in [1.807, 2.05) is 110 Å². The smallest absolute Gasteiger partial charge is 0.407 e. The monoisotopic (exact) mass is 1040 g/mol. The van der Waals surface area contributed by atoms with E-state index in [-0.39, 0.29) is 60.5 Å². The summed E-state index contributed by atoms with van der Waals surface area (Å²) in [6.45, 7) is 8.37. The summed E-state index contributed by atoms with van der Waals surface area (Å²) in [7, 11) is 1.61. The second kappa shape index (κ2) is 21.8. The number of methoxy groups -OCH3 is 1. The molecule has 0 radical (unpaired) electrons. The summed E-state index contributed by atoms with van der Waals surface area (Å²) in [5.41, 5.74) is 12.7. The van der Waals surface area contributed by atoms with Crippen LogP contribution in [0.5, 0.6) is 17.2 Å². The molecule has 0 unspecified atom stereocenters. The van der Waals surface area contributed by atoms with Gasteiger partial charge in [0.05, 0.1) is 26.4 Å². The highest BCUT2D eigenvalue weighted by atomic mass is 16.5. The van der Waals surface area contributed by atoms with Gasteiger partial charge in [-0.25, -0.2) is 4.79 Å². The zero-order valence-corrected chi connectivity index (χ0v) is 44.7. The fourth-order valence-electron chi connectivity index (χ4n) is 12.1. The Hall–Kier alpha value is -7.67. The zero-order valence-electron chi connectivity index (χ0n) is 44.7. The Kier molecular flexibility index (Phi) is 14.5. The molecule has 11 rings (SSSR count). The van der Waals surface area contributed by atoms with Gasteiger partial charge in [-0.05, 0) is 162 Å². The predicted molar refractivity (Wildman–Crippen MR) is 295 cm³/mol. The number of ether oxygens (including phenoxy) is 4. The molecule has 0 aromatic heterocycles. The van der Waals surface area contributed by atoms with Crippen LogP contribution in [0.15, 0.2) is 115 Å². The average molecular weight is 1040 g/mol. The summed E-state index contributed by atoms with van der Waals surface area (Å²) in [5.74, 6) is 1.09. The summed E-state index contributed by atoms with van der Waals surface area (Å²) in [5, 5.41) is 5.75. The Balaban J connectivity index is 0.645. The van der Waals surface area contributed by atoms with Crippen molar-refractivity contribution in [3.63, 3.8) is 0 Å². The highest BCUT2D eigenvalue weighted by Gasteiger charge is 2.40. The Bertz CT molecular complexity index is 3160. The molecule has 398 valence electrons. The molecule has 5 aromatic carbocycles. The number of hydrogen-bond acceptors (Lipinski definition) is 9. The molecular formula is C64H68N4O9. The van der Waals surface area contributed by atoms with Crippen molar-refractivity contribution in [2.75, 3.05) is 32.2 Å². The molecule has 0 bridgehead atoms. The average Bonchev–Trinajstić information content (AvgIpc) is 4.11. The van der Waals surface area contributed by atoms with Crippen molar-refractivity contribution in [3.8, 4) is 28.4 Å². The van der Waals surface area contributed by atoms with E-state index in [0.717, 1.165) is 87.9 Å². The molecule has 5 aromatic rings. The number of benzene rings is 5. The molecule has 0 saturated heterocycles. The minimum Gasteiger partial charge on any atom is -0.493 e. The van der Waals surface area contributed by atoms with Crippen LogP contribution in [0, 0.1) is 24.7 Å². The van der Waals surface area contributed by atoms with Gasteiger partial charge >= 0.3 is 6.09 Å². The third-order valence-corrected chi connectivity index (χ3v) is 16.5. The SMILES string of the molecule is COc1cc2c(cc1OCCCOc1cc3c(cc1C)C(=O)N1C=C(c4ccc(NC(=O)[C@H](C)CC(=O)[C@@H](NC(=O)OCC5c6ccccc6-c6ccccc65)C(C)C)cc4)C[C@H]1CC3)CC[C@@H]1CC(C3CC3)=CN1C2=O. The number of nitrogens with one attached hydrogen (secondary N) is 2. The maximum absolute atomic E-state index is 14.2. The third-order valence-electron chi connectivity index (χ3n) is 16.5. The van der Waals surface area contributed by atoms with E-state index < -0.39 is 18.1 Å². The molecule has 4 amide bonds. The Morgan fingerprint density at radius 2 is 1.30 bits per heavy atom. The summed E-state index contributed by atoms with van der Waals surface area (Å²) in [6.07, 6.45) is 11.4. The van der Waals surface area contributed by atoms with Crippen molar-refractivity contribution in [3.05, 3.63) is 160 Å². The van der Waals surface area contributed by atoms with Crippen LogP contribution in [0.1, 0.15) is 132 Å². The molecule has 4 aliphatic heterocycles. The highest BCUT2D eigenvalue weighted by Crippen LogP contribution is 2.46. The van der Waals surface area contributed by atoms with Crippen LogP contribution in [0.25, 0.3) is 16.7 Å². The summed E-state index contributed by atoms with van der Waals surface area (Å²) >= 11 is 0. The van der Waals surface area contributed by atoms with Crippen molar-refractivity contribution in [2.24, 2.45) is 17.8 Å². The van der Waals surface area contributed by atoms with Crippen molar-refractivity contribution < 1.29 is 42.9 Å². The summed E-state index contributed by atoms with van der Waals surface area (Å²) in [4.78, 5) is 71.8. The van der Waals surface area contributed by atoms with Crippen molar-refractivity contribution in [1.29, 1.82) is 0 Å². The lowest BCUT2D eigenvalue weighted by atomic mass is 9.93. The van der Waals surface area contributed by atoms with E-state index in [9.17, 15) is 24.0 Å². The lowest BCUT2D eigenvalue weighted by molar-refractivity contribution is -0.127. The van der Waals surface area contributed by atoms with E-state index >= 15 is 0 Å². The number of anilines is 1. The number of hydrogen-bond donors (Lipinski definition) is 2. The first kappa shape index (κ1) is 51.4. The van der Waals surface area contributed by atoms with E-state index in [0.29, 0.717) is 60.3 Å². The Labute approximate surface area is 451 Å². The maximum atomic E-state index is 14.2. The number of rotatable bonds is 18. The number of carbonyl (C=O) groups is 5. The van der Waals surface area contributed by atoms with Crippen molar-refractivity contribution in [2.45, 2.75) is 116 Å². The standard InChI is InChI=1S/C64H68N4O9/c1-37(2)60(66-64(73)77-36-55-51-13-8-6-11-49(51)50-12-7-9-14-52(50)55)56(69)28-39(4)61(70)65-46-21-17-41(18-22-46)45-30-47-23-19-42-31-57(38(3)27-53(42)62(71)67(47)35-45)75-25-10-26-76-59-32-43-20-24-48-29-44(40-15-16-40)34-68(48)63(72)54(43)33-58(59)74-5/h6-9,11-14,17-18,21-22,27,31-35,37,39-40,47-48,55,60H,10,15-16,19-20,23-26,28-30,36H2,1-5H3,(H,65,70)(H,66,73)/t39-,47-,48-,60+/m1/s1. The molecule has 4 atom stereocenters. The number of fused-ring (bicyclic) bond motifs is 7. The van der Waals surface area contributed by atoms with E-state index in [4.69, 9.17) is 18.9 Å². The van der Waals surface area contributed by atoms with Gasteiger partial charge in [0.25, 0.3) is 11.8 Å². The normalized spacial score (nSPS) is 19.0. The van der Waals surface area contributed by atoms with Gasteiger partial charge in [0.15, 0.2) is 17.3 Å². The minimum absolute atomic E-state index is 0.00930. The summed E-state index contributed by atoms with van der Waals surface area (Å²) < 4.78 is 24.0. The number of nitrogens with zero attached hydrogens (tertiary/aromatic N) is 2. The molecule has 2 aliphatic carbocycles. The molecule has 13 heteroatoms. The van der Waals surface area contributed by atoms with Crippen LogP contribution < -0.4 is 24.8 Å². The second-order valence-electron chi connectivity index (χ2n) is 22.2. The lowest BCUT2D eigenvalue weighted by Gasteiger charge is -2.23.